The summed E-state index contributed by atoms with van der Waals surface area (Å²) in [5, 5.41) is 0.240. The number of hydrogen-bond acceptors (Lipinski definition) is 5. The number of fused-ring (bicyclic) bond motifs is 1. The number of methoxy groups -OCH3 is 1. The molecule has 2 rings (SSSR count). The third kappa shape index (κ3) is 4.45. The second-order valence-corrected chi connectivity index (χ2v) is 6.22. The molecule has 1 aromatic carbocycles. The van der Waals surface area contributed by atoms with Gasteiger partial charge in [-0.15, -0.1) is 0 Å². The third-order valence-corrected chi connectivity index (χ3v) is 4.26. The zero-order chi connectivity index (χ0) is 17.7. The normalized spacial score (nSPS) is 11.9. The Kier molecular flexibility index (Phi) is 6.17. The number of benzene rings is 1. The molecule has 132 valence electrons. The number of ether oxygens (including phenoxy) is 2. The molecule has 0 fully saturated rings. The number of thioether (sulfide) groups is 1. The lowest BCUT2D eigenvalue weighted by atomic mass is 10.1. The van der Waals surface area contributed by atoms with Gasteiger partial charge in [-0.2, -0.15) is 24.9 Å². The predicted octanol–water partition coefficient (Wildman–Crippen LogP) is 3.88. The highest BCUT2D eigenvalue weighted by Crippen LogP contribution is 2.33. The van der Waals surface area contributed by atoms with Crippen molar-refractivity contribution in [3.63, 3.8) is 0 Å². The molecule has 0 saturated carbocycles. The van der Waals surface area contributed by atoms with Crippen LogP contribution in [0.5, 0.6) is 5.75 Å². The fourth-order valence-electron chi connectivity index (χ4n) is 2.22. The van der Waals surface area contributed by atoms with Crippen LogP contribution in [-0.2, 0) is 10.9 Å². The van der Waals surface area contributed by atoms with Gasteiger partial charge in [-0.25, -0.2) is 4.79 Å². The largest absolute Gasteiger partial charge is 0.493 e. The highest BCUT2D eigenvalue weighted by molar-refractivity contribution is 7.99. The molecule has 2 aromatic rings. The maximum absolute atomic E-state index is 12.9. The summed E-state index contributed by atoms with van der Waals surface area (Å²) in [6.07, 6.45) is -4.74. The van der Waals surface area contributed by atoms with E-state index in [-0.39, 0.29) is 16.5 Å². The molecule has 0 radical (unpaired) electrons. The van der Waals surface area contributed by atoms with E-state index in [4.69, 9.17) is 13.9 Å². The molecule has 0 unspecified atom stereocenters. The molecular weight excluding hydrogens is 345 g/mol. The third-order valence-electron chi connectivity index (χ3n) is 3.35. The van der Waals surface area contributed by atoms with E-state index in [2.05, 4.69) is 0 Å². The van der Waals surface area contributed by atoms with Crippen LogP contribution in [-0.4, -0.2) is 31.8 Å². The smallest absolute Gasteiger partial charge is 0.423 e. The van der Waals surface area contributed by atoms with Gasteiger partial charge in [-0.05, 0) is 24.6 Å². The van der Waals surface area contributed by atoms with Gasteiger partial charge < -0.3 is 13.9 Å². The maximum Gasteiger partial charge on any atom is 0.423 e. The second-order valence-electron chi connectivity index (χ2n) is 5.00. The molecule has 0 saturated heterocycles. The highest BCUT2D eigenvalue weighted by Gasteiger charge is 2.37. The van der Waals surface area contributed by atoms with Gasteiger partial charge >= 0.3 is 11.8 Å². The molecule has 4 nitrogen and oxygen atoms in total. The molecule has 0 N–H and O–H groups in total. The fraction of sp³-hybridized carbons (Fsp3) is 0.438. The molecule has 0 atom stereocenters. The Hall–Kier alpha value is -1.67. The Balaban J connectivity index is 2.16. The minimum absolute atomic E-state index is 0.0787. The van der Waals surface area contributed by atoms with Crippen molar-refractivity contribution in [1.29, 1.82) is 0 Å². The van der Waals surface area contributed by atoms with Gasteiger partial charge in [0.25, 0.3) is 0 Å². The van der Waals surface area contributed by atoms with Crippen molar-refractivity contribution < 1.29 is 27.1 Å². The van der Waals surface area contributed by atoms with E-state index < -0.39 is 17.4 Å². The first-order chi connectivity index (χ1) is 11.3. The van der Waals surface area contributed by atoms with E-state index in [0.717, 1.165) is 11.5 Å². The number of alkyl halides is 3. The van der Waals surface area contributed by atoms with E-state index >= 15 is 0 Å². The average Bonchev–Trinajstić information content (AvgIpc) is 2.49. The molecule has 1 aromatic heterocycles. The first kappa shape index (κ1) is 18.7. The number of halogens is 3. The van der Waals surface area contributed by atoms with Gasteiger partial charge in [-0.3, -0.25) is 0 Å². The number of hydrogen-bond donors (Lipinski definition) is 0. The molecule has 0 aliphatic heterocycles. The van der Waals surface area contributed by atoms with Crippen LogP contribution in [0.4, 0.5) is 13.2 Å². The Morgan fingerprint density at radius 1 is 1.21 bits per heavy atom. The molecule has 0 aliphatic rings. The van der Waals surface area contributed by atoms with Crippen LogP contribution in [0.2, 0.25) is 0 Å². The highest BCUT2D eigenvalue weighted by atomic mass is 32.2. The lowest BCUT2D eigenvalue weighted by Crippen LogP contribution is -2.20. The molecule has 0 aliphatic carbocycles. The zero-order valence-corrected chi connectivity index (χ0v) is 14.1. The van der Waals surface area contributed by atoms with Gasteiger partial charge in [0.2, 0.25) is 0 Å². The van der Waals surface area contributed by atoms with Gasteiger partial charge in [0, 0.05) is 30.1 Å². The van der Waals surface area contributed by atoms with Crippen molar-refractivity contribution >= 4 is 22.7 Å². The van der Waals surface area contributed by atoms with Crippen molar-refractivity contribution in [2.45, 2.75) is 13.1 Å². The predicted molar refractivity (Wildman–Crippen MR) is 86.9 cm³/mol. The summed E-state index contributed by atoms with van der Waals surface area (Å²) in [7, 11) is 1.63. The van der Waals surface area contributed by atoms with Crippen LogP contribution in [0.15, 0.2) is 27.4 Å². The summed E-state index contributed by atoms with van der Waals surface area (Å²) in [5.74, 6) is 2.04. The SMILES string of the molecule is COCCSCCOc1ccc2c(C)c(C(F)(F)F)c(=O)oc2c1. The molecule has 0 spiro atoms. The summed E-state index contributed by atoms with van der Waals surface area (Å²) < 4.78 is 54.0. The Morgan fingerprint density at radius 2 is 1.92 bits per heavy atom. The summed E-state index contributed by atoms with van der Waals surface area (Å²) in [5.41, 5.74) is -2.72. The van der Waals surface area contributed by atoms with Gasteiger partial charge in [0.1, 0.15) is 16.9 Å². The second kappa shape index (κ2) is 7.94. The van der Waals surface area contributed by atoms with Crippen molar-refractivity contribution in [3.8, 4) is 5.75 Å². The molecule has 0 amide bonds. The molecule has 24 heavy (non-hydrogen) atoms. The summed E-state index contributed by atoms with van der Waals surface area (Å²) in [6.45, 7) is 2.35. The molecular formula is C16H17F3O4S. The number of aryl methyl sites for hydroxylation is 1. The summed E-state index contributed by atoms with van der Waals surface area (Å²) in [4.78, 5) is 11.6. The first-order valence-electron chi connectivity index (χ1n) is 7.18. The van der Waals surface area contributed by atoms with Crippen LogP contribution >= 0.6 is 11.8 Å². The lowest BCUT2D eigenvalue weighted by Gasteiger charge is -2.11. The van der Waals surface area contributed by atoms with Crippen LogP contribution in [0.1, 0.15) is 11.1 Å². The average molecular weight is 362 g/mol. The molecule has 1 heterocycles. The van der Waals surface area contributed by atoms with E-state index in [1.54, 1.807) is 24.9 Å². The van der Waals surface area contributed by atoms with E-state index in [1.807, 2.05) is 0 Å². The minimum Gasteiger partial charge on any atom is -0.493 e. The minimum atomic E-state index is -4.74. The zero-order valence-electron chi connectivity index (χ0n) is 13.2. The maximum atomic E-state index is 12.9. The quantitative estimate of drug-likeness (QED) is 0.553. The Bertz CT molecular complexity index is 755. The van der Waals surface area contributed by atoms with Crippen molar-refractivity contribution in [2.24, 2.45) is 0 Å². The fourth-order valence-corrected chi connectivity index (χ4v) is 2.91. The van der Waals surface area contributed by atoms with Crippen LogP contribution in [0, 0.1) is 6.92 Å². The Morgan fingerprint density at radius 3 is 2.58 bits per heavy atom. The standard InChI is InChI=1S/C16H17F3O4S/c1-10-12-4-3-11(22-6-8-24-7-5-21-2)9-13(12)23-15(20)14(10)16(17,18)19/h3-4,9H,5-8H2,1-2H3. The van der Waals surface area contributed by atoms with Crippen molar-refractivity contribution in [3.05, 3.63) is 39.7 Å². The van der Waals surface area contributed by atoms with Crippen LogP contribution in [0.3, 0.4) is 0 Å². The topological polar surface area (TPSA) is 48.7 Å². The van der Waals surface area contributed by atoms with Gasteiger partial charge in [0.15, 0.2) is 0 Å². The van der Waals surface area contributed by atoms with Gasteiger partial charge in [-0.1, -0.05) is 0 Å². The monoisotopic (exact) mass is 362 g/mol. The van der Waals surface area contributed by atoms with E-state index in [0.29, 0.717) is 19.0 Å². The van der Waals surface area contributed by atoms with Crippen molar-refractivity contribution in [1.82, 2.24) is 0 Å². The Labute approximate surface area is 140 Å². The number of rotatable bonds is 7. The van der Waals surface area contributed by atoms with Gasteiger partial charge in [0.05, 0.1) is 13.2 Å². The first-order valence-corrected chi connectivity index (χ1v) is 8.34. The van der Waals surface area contributed by atoms with E-state index in [1.165, 1.54) is 19.1 Å². The van der Waals surface area contributed by atoms with E-state index in [9.17, 15) is 18.0 Å². The summed E-state index contributed by atoms with van der Waals surface area (Å²) >= 11 is 1.66. The molecule has 0 bridgehead atoms. The summed E-state index contributed by atoms with van der Waals surface area (Å²) in [6, 6.07) is 4.47. The van der Waals surface area contributed by atoms with Crippen LogP contribution in [0.25, 0.3) is 11.0 Å². The van der Waals surface area contributed by atoms with Crippen LogP contribution < -0.4 is 10.4 Å². The van der Waals surface area contributed by atoms with Crippen molar-refractivity contribution in [2.75, 3.05) is 31.8 Å². The lowest BCUT2D eigenvalue weighted by molar-refractivity contribution is -0.140. The molecule has 8 heteroatoms.